The number of aromatic nitrogens is 4. The Balaban J connectivity index is 1.79. The molecular formula is C29H37FN6O5. The number of nitrogens with zero attached hydrogens (tertiary/aromatic N) is 5. The normalized spacial score (nSPS) is 12.2. The van der Waals surface area contributed by atoms with E-state index in [1.54, 1.807) is 38.5 Å². The number of nitrogens with one attached hydrogen (secondary N) is 1. The quantitative estimate of drug-likeness (QED) is 0.332. The number of allylic oxidation sites excluding steroid dienone is 1. The number of ether oxygens (including phenoxy) is 1. The van der Waals surface area contributed by atoms with Gasteiger partial charge in [0.15, 0.2) is 17.5 Å². The van der Waals surface area contributed by atoms with E-state index in [4.69, 9.17) is 4.74 Å². The number of hydrogen-bond donors (Lipinski definition) is 1. The van der Waals surface area contributed by atoms with Gasteiger partial charge < -0.3 is 24.1 Å². The summed E-state index contributed by atoms with van der Waals surface area (Å²) >= 11 is 0. The molecule has 220 valence electrons. The second kappa shape index (κ2) is 13.8. The van der Waals surface area contributed by atoms with Gasteiger partial charge in [0, 0.05) is 51.9 Å². The predicted octanol–water partition coefficient (Wildman–Crippen LogP) is 3.11. The van der Waals surface area contributed by atoms with Gasteiger partial charge in [-0.3, -0.25) is 14.4 Å². The van der Waals surface area contributed by atoms with Crippen LogP contribution in [-0.2, 0) is 33.7 Å². The summed E-state index contributed by atoms with van der Waals surface area (Å²) in [6.45, 7) is 4.04. The zero-order valence-corrected chi connectivity index (χ0v) is 24.3. The third kappa shape index (κ3) is 8.32. The number of Topliss-reactive ketones (excluding diaryl/α,β-unsaturated/α-hetero) is 1. The van der Waals surface area contributed by atoms with Gasteiger partial charge in [-0.15, -0.1) is 0 Å². The Morgan fingerprint density at radius 3 is 2.56 bits per heavy atom. The molecule has 11 nitrogen and oxygen atoms in total. The van der Waals surface area contributed by atoms with Gasteiger partial charge in [0.25, 0.3) is 5.56 Å². The van der Waals surface area contributed by atoms with Crippen molar-refractivity contribution in [2.45, 2.75) is 52.2 Å². The number of carbonyl (C=O) groups excluding carboxylic acids is 3. The van der Waals surface area contributed by atoms with Crippen LogP contribution in [0.25, 0.3) is 11.2 Å². The van der Waals surface area contributed by atoms with Gasteiger partial charge in [0.2, 0.25) is 5.91 Å². The van der Waals surface area contributed by atoms with Crippen LogP contribution in [0.1, 0.15) is 43.6 Å². The van der Waals surface area contributed by atoms with E-state index in [2.05, 4.69) is 15.0 Å². The Morgan fingerprint density at radius 2 is 1.90 bits per heavy atom. The van der Waals surface area contributed by atoms with Crippen molar-refractivity contribution in [2.24, 2.45) is 5.92 Å². The van der Waals surface area contributed by atoms with Gasteiger partial charge in [0.1, 0.15) is 11.6 Å². The van der Waals surface area contributed by atoms with Crippen LogP contribution in [0.4, 0.5) is 9.18 Å². The highest BCUT2D eigenvalue weighted by Gasteiger charge is 2.25. The molecule has 1 atom stereocenters. The SMILES string of the molecule is CC(C)Cc1c(F)cnc2nc(Cn3cccc(CC(=O)[C@H](CC/C=C/C(=O)N(C)C)OC(=O)N(C)C)c3=O)[nH]c12. The summed E-state index contributed by atoms with van der Waals surface area (Å²) in [5, 5.41) is 0. The molecule has 0 fully saturated rings. The maximum absolute atomic E-state index is 14.5. The molecule has 3 aromatic heterocycles. The third-order valence-corrected chi connectivity index (χ3v) is 6.28. The highest BCUT2D eigenvalue weighted by atomic mass is 19.1. The standard InChI is InChI=1S/C29H37FN6O5/c1-18(2)14-20-21(30)16-31-27-26(20)32-24(33-27)17-36-13-9-10-19(28(36)39)15-22(37)23(41-29(40)35(5)6)11-7-8-12-25(38)34(3)4/h8-10,12-13,16,18,23H,7,11,14-15,17H2,1-6H3,(H,31,32,33)/b12-8+/t23-/m0/s1. The van der Waals surface area contributed by atoms with Crippen molar-refractivity contribution in [3.63, 3.8) is 0 Å². The first-order chi connectivity index (χ1) is 19.4. The number of pyridine rings is 2. The highest BCUT2D eigenvalue weighted by Crippen LogP contribution is 2.21. The van der Waals surface area contributed by atoms with E-state index in [0.717, 1.165) is 6.20 Å². The molecular weight excluding hydrogens is 531 g/mol. The van der Waals surface area contributed by atoms with Gasteiger partial charge in [-0.25, -0.2) is 19.2 Å². The zero-order valence-electron chi connectivity index (χ0n) is 24.3. The lowest BCUT2D eigenvalue weighted by Gasteiger charge is -2.19. The molecule has 0 saturated heterocycles. The van der Waals surface area contributed by atoms with Gasteiger partial charge in [-0.1, -0.05) is 26.0 Å². The first-order valence-electron chi connectivity index (χ1n) is 13.4. The van der Waals surface area contributed by atoms with Crippen LogP contribution >= 0.6 is 0 Å². The fourth-order valence-electron chi connectivity index (χ4n) is 4.12. The van der Waals surface area contributed by atoms with Crippen LogP contribution < -0.4 is 5.56 Å². The minimum Gasteiger partial charge on any atom is -0.438 e. The summed E-state index contributed by atoms with van der Waals surface area (Å²) in [6, 6.07) is 3.19. The maximum atomic E-state index is 14.5. The highest BCUT2D eigenvalue weighted by molar-refractivity contribution is 5.88. The second-order valence-corrected chi connectivity index (χ2v) is 10.7. The number of aromatic amines is 1. The van der Waals surface area contributed by atoms with Crippen LogP contribution in [0.15, 0.2) is 41.5 Å². The van der Waals surface area contributed by atoms with Gasteiger partial charge in [0.05, 0.1) is 18.3 Å². The number of halogens is 1. The average molecular weight is 569 g/mol. The van der Waals surface area contributed by atoms with Crippen molar-refractivity contribution >= 4 is 28.9 Å². The number of rotatable bonds is 12. The molecule has 1 N–H and O–H groups in total. The Hall–Kier alpha value is -4.35. The fraction of sp³-hybridized carbons (Fsp3) is 0.448. The third-order valence-electron chi connectivity index (χ3n) is 6.28. The maximum Gasteiger partial charge on any atom is 0.409 e. The van der Waals surface area contributed by atoms with Crippen molar-refractivity contribution in [2.75, 3.05) is 28.2 Å². The van der Waals surface area contributed by atoms with Crippen LogP contribution in [0.3, 0.4) is 0 Å². The minimum atomic E-state index is -1.10. The van der Waals surface area contributed by atoms with Crippen LogP contribution in [0.5, 0.6) is 0 Å². The topological polar surface area (TPSA) is 130 Å². The molecule has 0 aromatic carbocycles. The van der Waals surface area contributed by atoms with E-state index in [9.17, 15) is 23.6 Å². The molecule has 0 aliphatic rings. The lowest BCUT2D eigenvalue weighted by molar-refractivity contribution is -0.127. The summed E-state index contributed by atoms with van der Waals surface area (Å²) in [7, 11) is 6.26. The summed E-state index contributed by atoms with van der Waals surface area (Å²) in [6.07, 6.45) is 4.65. The van der Waals surface area contributed by atoms with Crippen LogP contribution in [0.2, 0.25) is 0 Å². The van der Waals surface area contributed by atoms with E-state index in [0.29, 0.717) is 35.4 Å². The molecule has 0 aliphatic heterocycles. The van der Waals surface area contributed by atoms with E-state index in [-0.39, 0.29) is 36.8 Å². The van der Waals surface area contributed by atoms with Crippen molar-refractivity contribution in [1.82, 2.24) is 29.3 Å². The number of hydrogen-bond acceptors (Lipinski definition) is 7. The molecule has 3 rings (SSSR count). The minimum absolute atomic E-state index is 0.0592. The van der Waals surface area contributed by atoms with E-state index >= 15 is 0 Å². The molecule has 41 heavy (non-hydrogen) atoms. The van der Waals surface area contributed by atoms with Crippen molar-refractivity contribution < 1.29 is 23.5 Å². The lowest BCUT2D eigenvalue weighted by atomic mass is 10.0. The molecule has 0 bridgehead atoms. The largest absolute Gasteiger partial charge is 0.438 e. The van der Waals surface area contributed by atoms with Gasteiger partial charge in [-0.05, 0) is 37.3 Å². The summed E-state index contributed by atoms with van der Waals surface area (Å²) in [4.78, 5) is 64.7. The van der Waals surface area contributed by atoms with Crippen molar-refractivity contribution in [1.29, 1.82) is 0 Å². The Morgan fingerprint density at radius 1 is 1.17 bits per heavy atom. The number of carbonyl (C=O) groups is 3. The molecule has 0 saturated carbocycles. The molecule has 3 heterocycles. The molecule has 0 radical (unpaired) electrons. The molecule has 0 aliphatic carbocycles. The fourth-order valence-corrected chi connectivity index (χ4v) is 4.12. The molecule has 3 aromatic rings. The monoisotopic (exact) mass is 568 g/mol. The van der Waals surface area contributed by atoms with Gasteiger partial charge in [-0.2, -0.15) is 0 Å². The molecule has 0 spiro atoms. The lowest BCUT2D eigenvalue weighted by Crippen LogP contribution is -2.35. The number of amides is 2. The van der Waals surface area contributed by atoms with E-state index < -0.39 is 29.4 Å². The molecule has 0 unspecified atom stereocenters. The molecule has 2 amide bonds. The Bertz CT molecular complexity index is 1490. The number of fused-ring (bicyclic) bond motifs is 1. The number of H-pyrrole nitrogens is 1. The second-order valence-electron chi connectivity index (χ2n) is 10.7. The number of likely N-dealkylation sites (N-methyl/N-ethyl adjacent to an activating group) is 1. The van der Waals surface area contributed by atoms with Crippen molar-refractivity contribution in [3.8, 4) is 0 Å². The summed E-state index contributed by atoms with van der Waals surface area (Å²) in [5.74, 6) is -0.418. The smallest absolute Gasteiger partial charge is 0.409 e. The first-order valence-corrected chi connectivity index (χ1v) is 13.4. The zero-order chi connectivity index (χ0) is 30.3. The van der Waals surface area contributed by atoms with E-state index in [1.165, 1.54) is 34.5 Å². The average Bonchev–Trinajstić information content (AvgIpc) is 3.32. The Kier molecular flexibility index (Phi) is 10.5. The van der Waals surface area contributed by atoms with Crippen LogP contribution in [-0.4, -0.2) is 81.4 Å². The van der Waals surface area contributed by atoms with Gasteiger partial charge >= 0.3 is 6.09 Å². The summed E-state index contributed by atoms with van der Waals surface area (Å²) in [5.41, 5.74) is 1.18. The van der Waals surface area contributed by atoms with Crippen LogP contribution in [0, 0.1) is 11.7 Å². The number of ketones is 1. The Labute approximate surface area is 238 Å². The van der Waals surface area contributed by atoms with E-state index in [1.807, 2.05) is 13.8 Å². The van der Waals surface area contributed by atoms with Crippen molar-refractivity contribution in [3.05, 3.63) is 69.8 Å². The molecule has 12 heteroatoms. The number of imidazole rings is 1. The summed E-state index contributed by atoms with van der Waals surface area (Å²) < 4.78 is 21.2. The predicted molar refractivity (Wildman–Crippen MR) is 152 cm³/mol. The first kappa shape index (κ1) is 31.2.